The van der Waals surface area contributed by atoms with E-state index >= 15 is 0 Å². The molecule has 0 unspecified atom stereocenters. The normalized spacial score (nSPS) is 16.1. The summed E-state index contributed by atoms with van der Waals surface area (Å²) in [5.41, 5.74) is -1.57. The van der Waals surface area contributed by atoms with Crippen LogP contribution in [0.15, 0.2) is 18.2 Å². The zero-order valence-corrected chi connectivity index (χ0v) is 10.3. The molecule has 8 heteroatoms. The zero-order valence-electron chi connectivity index (χ0n) is 10.3. The highest BCUT2D eigenvalue weighted by Gasteiger charge is 2.38. The summed E-state index contributed by atoms with van der Waals surface area (Å²) in [5.74, 6) is -2.29. The van der Waals surface area contributed by atoms with Crippen LogP contribution < -0.4 is 10.1 Å². The van der Waals surface area contributed by atoms with E-state index in [1.807, 2.05) is 0 Å². The average molecular weight is 292 g/mol. The molecule has 0 saturated carbocycles. The highest BCUT2D eigenvalue weighted by atomic mass is 19.4. The second kappa shape index (κ2) is 5.66. The van der Waals surface area contributed by atoms with Crippen molar-refractivity contribution in [3.8, 4) is 5.75 Å². The van der Waals surface area contributed by atoms with Gasteiger partial charge in [0.05, 0.1) is 0 Å². The third-order valence-electron chi connectivity index (χ3n) is 2.83. The first-order valence-electron chi connectivity index (χ1n) is 5.93. The molecule has 0 aliphatic carbocycles. The molecular formula is C12H12F4N2O2. The maximum absolute atomic E-state index is 13.3. The Morgan fingerprint density at radius 3 is 2.50 bits per heavy atom. The van der Waals surface area contributed by atoms with Crippen LogP contribution in [0.2, 0.25) is 0 Å². The van der Waals surface area contributed by atoms with Gasteiger partial charge in [0.25, 0.3) is 0 Å². The Labute approximate surface area is 112 Å². The highest BCUT2D eigenvalue weighted by Crippen LogP contribution is 2.38. The van der Waals surface area contributed by atoms with Crippen LogP contribution >= 0.6 is 0 Å². The summed E-state index contributed by atoms with van der Waals surface area (Å²) in [6.07, 6.45) is -5.84. The molecule has 1 amide bonds. The molecular weight excluding hydrogens is 280 g/mol. The number of piperazine rings is 1. The lowest BCUT2D eigenvalue weighted by Crippen LogP contribution is -2.47. The topological polar surface area (TPSA) is 41.6 Å². The number of ether oxygens (including phenoxy) is 1. The monoisotopic (exact) mass is 292 g/mol. The minimum atomic E-state index is -4.93. The quantitative estimate of drug-likeness (QED) is 0.807. The molecule has 0 bridgehead atoms. The van der Waals surface area contributed by atoms with Gasteiger partial charge in [0.1, 0.15) is 17.1 Å². The Bertz CT molecular complexity index is 499. The molecule has 1 N–H and O–H groups in total. The molecule has 1 saturated heterocycles. The Morgan fingerprint density at radius 1 is 1.25 bits per heavy atom. The van der Waals surface area contributed by atoms with E-state index in [0.717, 1.165) is 12.1 Å². The summed E-state index contributed by atoms with van der Waals surface area (Å²) in [6, 6.07) is 2.65. The molecule has 1 aliphatic rings. The number of hydrogen-bond donors (Lipinski definition) is 1. The maximum Gasteiger partial charge on any atom is 0.422 e. The van der Waals surface area contributed by atoms with Crippen LogP contribution in [0.25, 0.3) is 0 Å². The molecule has 0 radical (unpaired) electrons. The molecule has 1 aromatic rings. The van der Waals surface area contributed by atoms with Crippen LogP contribution in [0.1, 0.15) is 5.56 Å². The Kier molecular flexibility index (Phi) is 4.12. The second-order valence-electron chi connectivity index (χ2n) is 4.22. The van der Waals surface area contributed by atoms with E-state index in [4.69, 9.17) is 4.74 Å². The smallest absolute Gasteiger partial charge is 0.409 e. The van der Waals surface area contributed by atoms with Crippen molar-refractivity contribution in [1.29, 1.82) is 0 Å². The third-order valence-corrected chi connectivity index (χ3v) is 2.83. The minimum Gasteiger partial charge on any atom is -0.409 e. The Balaban J connectivity index is 2.21. The number of benzene rings is 1. The average Bonchev–Trinajstić information content (AvgIpc) is 2.38. The summed E-state index contributed by atoms with van der Waals surface area (Å²) in [4.78, 5) is 13.0. The first kappa shape index (κ1) is 14.6. The van der Waals surface area contributed by atoms with E-state index in [9.17, 15) is 22.4 Å². The second-order valence-corrected chi connectivity index (χ2v) is 4.22. The van der Waals surface area contributed by atoms with Gasteiger partial charge >= 0.3 is 12.3 Å². The van der Waals surface area contributed by atoms with Gasteiger partial charge in [0.2, 0.25) is 0 Å². The molecule has 20 heavy (non-hydrogen) atoms. The highest BCUT2D eigenvalue weighted by molar-refractivity contribution is 5.71. The first-order valence-corrected chi connectivity index (χ1v) is 5.93. The van der Waals surface area contributed by atoms with Crippen molar-refractivity contribution in [2.45, 2.75) is 6.18 Å². The van der Waals surface area contributed by atoms with E-state index in [1.54, 1.807) is 0 Å². The van der Waals surface area contributed by atoms with E-state index in [2.05, 4.69) is 5.32 Å². The van der Waals surface area contributed by atoms with E-state index in [0.29, 0.717) is 32.2 Å². The molecule has 1 aromatic carbocycles. The summed E-state index contributed by atoms with van der Waals surface area (Å²) < 4.78 is 56.2. The van der Waals surface area contributed by atoms with Gasteiger partial charge in [-0.3, -0.25) is 0 Å². The Hall–Kier alpha value is -1.83. The molecule has 2 rings (SSSR count). The van der Waals surface area contributed by atoms with Gasteiger partial charge in [0.15, 0.2) is 0 Å². The van der Waals surface area contributed by atoms with Crippen molar-refractivity contribution < 1.29 is 27.1 Å². The number of nitrogens with zero attached hydrogens (tertiary/aromatic N) is 1. The molecule has 110 valence electrons. The fourth-order valence-electron chi connectivity index (χ4n) is 1.87. The molecule has 0 aromatic heterocycles. The van der Waals surface area contributed by atoms with Gasteiger partial charge in [0, 0.05) is 26.2 Å². The van der Waals surface area contributed by atoms with Crippen molar-refractivity contribution >= 4 is 6.09 Å². The number of amides is 1. The van der Waals surface area contributed by atoms with Crippen molar-refractivity contribution in [3.05, 3.63) is 29.6 Å². The summed E-state index contributed by atoms with van der Waals surface area (Å²) in [6.45, 7) is 1.72. The SMILES string of the molecule is O=C(Oc1cccc(F)c1C(F)(F)F)N1CCNCC1. The van der Waals surface area contributed by atoms with E-state index in [-0.39, 0.29) is 0 Å². The summed E-state index contributed by atoms with van der Waals surface area (Å²) >= 11 is 0. The van der Waals surface area contributed by atoms with Gasteiger partial charge in [-0.2, -0.15) is 13.2 Å². The molecule has 1 aliphatic heterocycles. The van der Waals surface area contributed by atoms with Gasteiger partial charge in [-0.15, -0.1) is 0 Å². The lowest BCUT2D eigenvalue weighted by Gasteiger charge is -2.26. The first-order chi connectivity index (χ1) is 9.39. The molecule has 1 fully saturated rings. The lowest BCUT2D eigenvalue weighted by atomic mass is 10.2. The van der Waals surface area contributed by atoms with Gasteiger partial charge < -0.3 is 15.0 Å². The Morgan fingerprint density at radius 2 is 1.90 bits per heavy atom. The van der Waals surface area contributed by atoms with Crippen LogP contribution in [0.3, 0.4) is 0 Å². The number of carbonyl (C=O) groups is 1. The van der Waals surface area contributed by atoms with Crippen LogP contribution in [-0.2, 0) is 6.18 Å². The van der Waals surface area contributed by atoms with Crippen molar-refractivity contribution in [2.24, 2.45) is 0 Å². The minimum absolute atomic E-state index is 0.329. The maximum atomic E-state index is 13.3. The predicted octanol–water partition coefficient (Wildman–Crippen LogP) is 2.25. The van der Waals surface area contributed by atoms with Crippen LogP contribution in [-0.4, -0.2) is 37.2 Å². The number of alkyl halides is 3. The van der Waals surface area contributed by atoms with Crippen LogP contribution in [0, 0.1) is 5.82 Å². The van der Waals surface area contributed by atoms with Gasteiger partial charge in [-0.25, -0.2) is 9.18 Å². The largest absolute Gasteiger partial charge is 0.422 e. The number of carbonyl (C=O) groups excluding carboxylic acids is 1. The van der Waals surface area contributed by atoms with Crippen LogP contribution in [0.5, 0.6) is 5.75 Å². The molecule has 1 heterocycles. The number of nitrogens with one attached hydrogen (secondary N) is 1. The predicted molar refractivity (Wildman–Crippen MR) is 61.9 cm³/mol. The summed E-state index contributed by atoms with van der Waals surface area (Å²) in [7, 11) is 0. The fourth-order valence-corrected chi connectivity index (χ4v) is 1.87. The fraction of sp³-hybridized carbons (Fsp3) is 0.417. The standard InChI is InChI=1S/C12H12F4N2O2/c13-8-2-1-3-9(10(8)12(14,15)16)20-11(19)18-6-4-17-5-7-18/h1-3,17H,4-7H2. The summed E-state index contributed by atoms with van der Waals surface area (Å²) in [5, 5.41) is 2.99. The van der Waals surface area contributed by atoms with E-state index in [1.165, 1.54) is 4.90 Å². The van der Waals surface area contributed by atoms with Crippen molar-refractivity contribution in [2.75, 3.05) is 26.2 Å². The number of hydrogen-bond acceptors (Lipinski definition) is 3. The van der Waals surface area contributed by atoms with Crippen molar-refractivity contribution in [1.82, 2.24) is 10.2 Å². The lowest BCUT2D eigenvalue weighted by molar-refractivity contribution is -0.141. The molecule has 4 nitrogen and oxygen atoms in total. The van der Waals surface area contributed by atoms with E-state index < -0.39 is 29.4 Å². The zero-order chi connectivity index (χ0) is 14.8. The molecule has 0 atom stereocenters. The molecule has 0 spiro atoms. The van der Waals surface area contributed by atoms with Crippen LogP contribution in [0.4, 0.5) is 22.4 Å². The third kappa shape index (κ3) is 3.19. The number of halogens is 4. The van der Waals surface area contributed by atoms with Gasteiger partial charge in [-0.1, -0.05) is 6.07 Å². The van der Waals surface area contributed by atoms with Crippen molar-refractivity contribution in [3.63, 3.8) is 0 Å². The number of rotatable bonds is 1. The van der Waals surface area contributed by atoms with Gasteiger partial charge in [-0.05, 0) is 12.1 Å².